The maximum absolute atomic E-state index is 6.34. The molecule has 0 aliphatic heterocycles. The number of nitrogens with zero attached hydrogens (tertiary/aromatic N) is 2. The Balaban J connectivity index is 1.90. The van der Waals surface area contributed by atoms with Crippen molar-refractivity contribution in [2.45, 2.75) is 13.0 Å². The number of halogens is 1. The molecule has 2 aromatic carbocycles. The lowest BCUT2D eigenvalue weighted by Crippen LogP contribution is -2.14. The van der Waals surface area contributed by atoms with Crippen molar-refractivity contribution < 1.29 is 9.47 Å². The molecule has 0 aliphatic rings. The van der Waals surface area contributed by atoms with Crippen molar-refractivity contribution in [2.75, 3.05) is 13.7 Å². The van der Waals surface area contributed by atoms with Gasteiger partial charge in [-0.2, -0.15) is 5.10 Å². The molecule has 7 heteroatoms. The number of nitrogens with two attached hydrogens (primary N) is 1. The second-order valence-electron chi connectivity index (χ2n) is 5.35. The fraction of sp³-hybridized carbons (Fsp3) is 0.222. The average molecular weight is 359 g/mol. The van der Waals surface area contributed by atoms with Gasteiger partial charge in [-0.25, -0.2) is 4.98 Å². The van der Waals surface area contributed by atoms with Crippen LogP contribution in [0, 0.1) is 0 Å². The molecule has 0 radical (unpaired) electrons. The van der Waals surface area contributed by atoms with Gasteiger partial charge in [0.15, 0.2) is 17.3 Å². The summed E-state index contributed by atoms with van der Waals surface area (Å²) in [5.41, 5.74) is 7.93. The maximum atomic E-state index is 6.34. The van der Waals surface area contributed by atoms with E-state index in [4.69, 9.17) is 26.8 Å². The normalized spacial score (nSPS) is 12.0. The van der Waals surface area contributed by atoms with Crippen LogP contribution in [0.2, 0.25) is 5.02 Å². The predicted molar refractivity (Wildman–Crippen MR) is 97.0 cm³/mol. The molecule has 6 nitrogen and oxygen atoms in total. The van der Waals surface area contributed by atoms with Gasteiger partial charge in [-0.1, -0.05) is 29.8 Å². The molecule has 1 heterocycles. The zero-order valence-electron chi connectivity index (χ0n) is 14.0. The number of H-pyrrole nitrogens is 1. The molecule has 130 valence electrons. The third kappa shape index (κ3) is 3.60. The molecule has 0 spiro atoms. The first kappa shape index (κ1) is 17.3. The van der Waals surface area contributed by atoms with Crippen molar-refractivity contribution in [3.63, 3.8) is 0 Å². The van der Waals surface area contributed by atoms with Crippen LogP contribution in [0.3, 0.4) is 0 Å². The van der Waals surface area contributed by atoms with Crippen LogP contribution in [-0.4, -0.2) is 28.9 Å². The molecule has 0 amide bonds. The number of hydrogen-bond acceptors (Lipinski definition) is 5. The molecule has 0 saturated heterocycles. The molecule has 25 heavy (non-hydrogen) atoms. The number of rotatable bonds is 6. The Hall–Kier alpha value is -2.57. The molecule has 0 fully saturated rings. The van der Waals surface area contributed by atoms with Crippen molar-refractivity contribution in [3.8, 4) is 22.9 Å². The van der Waals surface area contributed by atoms with Crippen molar-refractivity contribution in [1.29, 1.82) is 0 Å². The molecular weight excluding hydrogens is 340 g/mol. The molecular formula is C18H19ClN4O2. The van der Waals surface area contributed by atoms with Crippen LogP contribution in [0.1, 0.15) is 24.4 Å². The first-order valence-electron chi connectivity index (χ1n) is 7.87. The number of aromatic nitrogens is 3. The smallest absolute Gasteiger partial charge is 0.182 e. The van der Waals surface area contributed by atoms with Crippen LogP contribution in [0.15, 0.2) is 42.5 Å². The van der Waals surface area contributed by atoms with Gasteiger partial charge in [0, 0.05) is 5.56 Å². The van der Waals surface area contributed by atoms with Crippen molar-refractivity contribution in [2.24, 2.45) is 5.73 Å². The van der Waals surface area contributed by atoms with Gasteiger partial charge >= 0.3 is 0 Å². The van der Waals surface area contributed by atoms with Crippen molar-refractivity contribution >= 4 is 11.6 Å². The van der Waals surface area contributed by atoms with Crippen molar-refractivity contribution in [3.05, 3.63) is 58.9 Å². The molecule has 0 bridgehead atoms. The molecule has 0 unspecified atom stereocenters. The van der Waals surface area contributed by atoms with E-state index in [2.05, 4.69) is 15.2 Å². The van der Waals surface area contributed by atoms with Crippen LogP contribution in [-0.2, 0) is 0 Å². The van der Waals surface area contributed by atoms with Crippen LogP contribution in [0.25, 0.3) is 11.4 Å². The summed E-state index contributed by atoms with van der Waals surface area (Å²) in [5.74, 6) is 2.35. The Kier molecular flexibility index (Phi) is 5.21. The van der Waals surface area contributed by atoms with Crippen LogP contribution >= 0.6 is 11.6 Å². The van der Waals surface area contributed by atoms with E-state index in [-0.39, 0.29) is 0 Å². The van der Waals surface area contributed by atoms with Gasteiger partial charge in [-0.3, -0.25) is 5.10 Å². The lowest BCUT2D eigenvalue weighted by Gasteiger charge is -2.14. The number of nitrogens with one attached hydrogen (secondary N) is 1. The summed E-state index contributed by atoms with van der Waals surface area (Å²) >= 11 is 6.20. The summed E-state index contributed by atoms with van der Waals surface area (Å²) in [4.78, 5) is 4.49. The molecule has 1 aromatic heterocycles. The van der Waals surface area contributed by atoms with E-state index in [0.29, 0.717) is 34.8 Å². The highest BCUT2D eigenvalue weighted by Gasteiger charge is 2.18. The second kappa shape index (κ2) is 7.55. The zero-order valence-corrected chi connectivity index (χ0v) is 14.7. The Morgan fingerprint density at radius 1 is 1.20 bits per heavy atom. The van der Waals surface area contributed by atoms with Gasteiger partial charge in [0.25, 0.3) is 0 Å². The van der Waals surface area contributed by atoms with Crippen LogP contribution in [0.5, 0.6) is 11.5 Å². The molecule has 1 atom stereocenters. The fourth-order valence-electron chi connectivity index (χ4n) is 2.49. The van der Waals surface area contributed by atoms with E-state index in [1.807, 2.05) is 43.3 Å². The second-order valence-corrected chi connectivity index (χ2v) is 5.75. The van der Waals surface area contributed by atoms with Gasteiger partial charge in [-0.15, -0.1) is 0 Å². The molecule has 3 N–H and O–H groups in total. The minimum Gasteiger partial charge on any atom is -0.493 e. The number of ether oxygens (including phenoxy) is 2. The quantitative estimate of drug-likeness (QED) is 0.703. The average Bonchev–Trinajstić information content (AvgIpc) is 3.11. The van der Waals surface area contributed by atoms with Gasteiger partial charge in [0.2, 0.25) is 0 Å². The Bertz CT molecular complexity index is 866. The molecule has 0 aliphatic carbocycles. The highest BCUT2D eigenvalue weighted by molar-refractivity contribution is 6.33. The topological polar surface area (TPSA) is 86.0 Å². The SMILES string of the molecule is CCOc1cc([C@H](N)c2nc(-c3ccccc3Cl)n[nH]2)ccc1OC. The zero-order chi connectivity index (χ0) is 17.8. The lowest BCUT2D eigenvalue weighted by atomic mass is 10.1. The highest BCUT2D eigenvalue weighted by atomic mass is 35.5. The Morgan fingerprint density at radius 2 is 2.00 bits per heavy atom. The van der Waals surface area contributed by atoms with Gasteiger partial charge < -0.3 is 15.2 Å². The summed E-state index contributed by atoms with van der Waals surface area (Å²) in [6, 6.07) is 12.5. The summed E-state index contributed by atoms with van der Waals surface area (Å²) in [5, 5.41) is 7.71. The molecule has 3 rings (SSSR count). The minimum absolute atomic E-state index is 0.478. The fourth-order valence-corrected chi connectivity index (χ4v) is 2.71. The summed E-state index contributed by atoms with van der Waals surface area (Å²) < 4.78 is 10.9. The first-order valence-corrected chi connectivity index (χ1v) is 8.25. The van der Waals surface area contributed by atoms with E-state index in [1.54, 1.807) is 13.2 Å². The molecule has 3 aromatic rings. The third-order valence-corrected chi connectivity index (χ3v) is 4.09. The van der Waals surface area contributed by atoms with Crippen molar-refractivity contribution in [1.82, 2.24) is 15.2 Å². The van der Waals surface area contributed by atoms with Gasteiger partial charge in [0.05, 0.1) is 24.8 Å². The summed E-state index contributed by atoms with van der Waals surface area (Å²) in [7, 11) is 1.60. The van der Waals surface area contributed by atoms with Crippen LogP contribution in [0.4, 0.5) is 0 Å². The number of methoxy groups -OCH3 is 1. The lowest BCUT2D eigenvalue weighted by molar-refractivity contribution is 0.310. The largest absolute Gasteiger partial charge is 0.493 e. The monoisotopic (exact) mass is 358 g/mol. The summed E-state index contributed by atoms with van der Waals surface area (Å²) in [6.45, 7) is 2.45. The summed E-state index contributed by atoms with van der Waals surface area (Å²) in [6.07, 6.45) is 0. The van der Waals surface area contributed by atoms with Gasteiger partial charge in [0.1, 0.15) is 5.82 Å². The number of aromatic amines is 1. The van der Waals surface area contributed by atoms with E-state index in [0.717, 1.165) is 11.1 Å². The standard InChI is InChI=1S/C18H19ClN4O2/c1-3-25-15-10-11(8-9-14(15)24-2)16(20)18-21-17(22-23-18)12-6-4-5-7-13(12)19/h4-10,16H,3,20H2,1-2H3,(H,21,22,23)/t16-/m0/s1. The minimum atomic E-state index is -0.478. The number of benzene rings is 2. The van der Waals surface area contributed by atoms with E-state index in [9.17, 15) is 0 Å². The van der Waals surface area contributed by atoms with Crippen LogP contribution < -0.4 is 15.2 Å². The van der Waals surface area contributed by atoms with E-state index >= 15 is 0 Å². The first-order chi connectivity index (χ1) is 12.1. The molecule has 0 saturated carbocycles. The number of hydrogen-bond donors (Lipinski definition) is 2. The third-order valence-electron chi connectivity index (χ3n) is 3.76. The predicted octanol–water partition coefficient (Wildman–Crippen LogP) is 3.58. The Morgan fingerprint density at radius 3 is 2.72 bits per heavy atom. The maximum Gasteiger partial charge on any atom is 0.182 e. The Labute approximate surface area is 150 Å². The van der Waals surface area contributed by atoms with Gasteiger partial charge in [-0.05, 0) is 36.8 Å². The highest BCUT2D eigenvalue weighted by Crippen LogP contribution is 2.31. The van der Waals surface area contributed by atoms with E-state index in [1.165, 1.54) is 0 Å². The van der Waals surface area contributed by atoms with E-state index < -0.39 is 6.04 Å².